The highest BCUT2D eigenvalue weighted by molar-refractivity contribution is 7.80. The van der Waals surface area contributed by atoms with E-state index in [0.29, 0.717) is 18.4 Å². The number of alkyl halides is 3. The Bertz CT molecular complexity index is 987. The molecule has 0 aliphatic carbocycles. The number of carbonyl (C=O) groups excluding carboxylic acids is 1. The van der Waals surface area contributed by atoms with Crippen molar-refractivity contribution in [3.63, 3.8) is 0 Å². The van der Waals surface area contributed by atoms with E-state index in [2.05, 4.69) is 40.4 Å². The first-order valence-electron chi connectivity index (χ1n) is 10.8. The molecule has 3 rings (SSSR count). The maximum atomic E-state index is 13.9. The summed E-state index contributed by atoms with van der Waals surface area (Å²) < 4.78 is 42.4. The summed E-state index contributed by atoms with van der Waals surface area (Å²) in [6, 6.07) is 6.43. The van der Waals surface area contributed by atoms with Crippen LogP contribution in [-0.4, -0.2) is 33.5 Å². The Balaban J connectivity index is 1.77. The Morgan fingerprint density at radius 3 is 2.45 bits per heavy atom. The second-order valence-electron chi connectivity index (χ2n) is 8.85. The largest absolute Gasteiger partial charge is 0.410 e. The number of carbonyl (C=O) groups is 1. The molecule has 180 valence electrons. The number of aromatic nitrogens is 2. The zero-order valence-corrected chi connectivity index (χ0v) is 19.8. The van der Waals surface area contributed by atoms with Gasteiger partial charge in [-0.3, -0.25) is 15.6 Å². The van der Waals surface area contributed by atoms with Crippen LogP contribution in [0.1, 0.15) is 73.7 Å². The van der Waals surface area contributed by atoms with E-state index in [-0.39, 0.29) is 23.0 Å². The van der Waals surface area contributed by atoms with Crippen LogP contribution in [0.2, 0.25) is 0 Å². The minimum Gasteiger partial charge on any atom is -0.363 e. The summed E-state index contributed by atoms with van der Waals surface area (Å²) >= 11 is 5.07. The lowest BCUT2D eigenvalue weighted by atomic mass is 9.94. The molecule has 11 heteroatoms. The summed E-state index contributed by atoms with van der Waals surface area (Å²) in [6.45, 7) is 8.72. The van der Waals surface area contributed by atoms with Crippen LogP contribution < -0.4 is 21.5 Å². The van der Waals surface area contributed by atoms with Crippen LogP contribution in [0.3, 0.4) is 0 Å². The van der Waals surface area contributed by atoms with Crippen LogP contribution >= 0.6 is 12.2 Å². The third-order valence-corrected chi connectivity index (χ3v) is 5.63. The van der Waals surface area contributed by atoms with Gasteiger partial charge >= 0.3 is 6.18 Å². The second kappa shape index (κ2) is 9.98. The first kappa shape index (κ1) is 24.8. The molecular weight excluding hydrogens is 453 g/mol. The molecule has 33 heavy (non-hydrogen) atoms. The van der Waals surface area contributed by atoms with Gasteiger partial charge in [-0.15, -0.1) is 0 Å². The van der Waals surface area contributed by atoms with Crippen molar-refractivity contribution in [3.8, 4) is 0 Å². The van der Waals surface area contributed by atoms with Crippen molar-refractivity contribution in [1.82, 2.24) is 25.9 Å². The van der Waals surface area contributed by atoms with Gasteiger partial charge in [0, 0.05) is 19.0 Å². The number of fused-ring (bicyclic) bond motifs is 1. The van der Waals surface area contributed by atoms with Gasteiger partial charge in [0.25, 0.3) is 5.91 Å². The van der Waals surface area contributed by atoms with E-state index in [1.165, 1.54) is 6.07 Å². The number of amides is 1. The minimum absolute atomic E-state index is 0.132. The third-order valence-electron chi connectivity index (χ3n) is 5.39. The molecular formula is C22H29F3N6OS. The number of anilines is 1. The van der Waals surface area contributed by atoms with Crippen LogP contribution in [0.15, 0.2) is 30.3 Å². The minimum atomic E-state index is -4.52. The fourth-order valence-corrected chi connectivity index (χ4v) is 3.67. The summed E-state index contributed by atoms with van der Waals surface area (Å²) in [6.07, 6.45) is -4.75. The molecule has 0 spiro atoms. The topological polar surface area (TPSA) is 83.0 Å². The van der Waals surface area contributed by atoms with Gasteiger partial charge in [0.1, 0.15) is 5.82 Å². The Morgan fingerprint density at radius 1 is 1.21 bits per heavy atom. The lowest BCUT2D eigenvalue weighted by molar-refractivity contribution is -0.173. The molecule has 0 saturated heterocycles. The molecule has 1 aliphatic heterocycles. The van der Waals surface area contributed by atoms with Gasteiger partial charge in [-0.2, -0.15) is 18.3 Å². The maximum absolute atomic E-state index is 13.9. The van der Waals surface area contributed by atoms with Crippen molar-refractivity contribution in [3.05, 3.63) is 47.2 Å². The lowest BCUT2D eigenvalue weighted by Gasteiger charge is -2.33. The molecule has 0 bridgehead atoms. The smallest absolute Gasteiger partial charge is 0.363 e. The van der Waals surface area contributed by atoms with Crippen LogP contribution in [0.5, 0.6) is 0 Å². The van der Waals surface area contributed by atoms with Crippen LogP contribution in [0.4, 0.5) is 19.0 Å². The van der Waals surface area contributed by atoms with Gasteiger partial charge in [-0.1, -0.05) is 52.0 Å². The van der Waals surface area contributed by atoms with E-state index in [4.69, 9.17) is 12.2 Å². The number of thiocarbonyl (C=S) groups is 1. The fourth-order valence-electron chi connectivity index (χ4n) is 3.53. The molecule has 4 N–H and O–H groups in total. The molecule has 1 aromatic heterocycles. The number of nitrogens with one attached hydrogen (secondary N) is 4. The molecule has 2 atom stereocenters. The molecule has 1 aliphatic rings. The summed E-state index contributed by atoms with van der Waals surface area (Å²) in [5.74, 6) is 0.115. The lowest BCUT2D eigenvalue weighted by Crippen LogP contribution is -2.47. The van der Waals surface area contributed by atoms with Crippen LogP contribution in [0, 0.1) is 5.92 Å². The van der Waals surface area contributed by atoms with Crippen molar-refractivity contribution in [2.45, 2.75) is 58.3 Å². The van der Waals surface area contributed by atoms with Crippen molar-refractivity contribution >= 4 is 29.1 Å². The first-order chi connectivity index (χ1) is 15.5. The summed E-state index contributed by atoms with van der Waals surface area (Å²) in [4.78, 5) is 12.5. The van der Waals surface area contributed by atoms with Gasteiger partial charge in [-0.25, -0.2) is 4.68 Å². The maximum Gasteiger partial charge on any atom is 0.410 e. The Kier molecular flexibility index (Phi) is 7.51. The Labute approximate surface area is 196 Å². The first-order valence-corrected chi connectivity index (χ1v) is 11.2. The predicted molar refractivity (Wildman–Crippen MR) is 125 cm³/mol. The zero-order chi connectivity index (χ0) is 24.3. The van der Waals surface area contributed by atoms with E-state index < -0.39 is 24.2 Å². The highest BCUT2D eigenvalue weighted by atomic mass is 32.1. The normalized spacial score (nSPS) is 18.0. The standard InChI is InChI=1S/C22H29F3N6OS/c1-12(2)11-26-21(33)29-28-20(32)17-10-19-27-16(9-18(22(23,24)25)31(19)30-17)15-7-5-14(6-8-15)13(3)4/h5-8,10,12-13,16,18,27H,9,11H2,1-4H3,(H,28,32)(H2,26,29,33)/t16-,18+/m0/s1. The average molecular weight is 483 g/mol. The van der Waals surface area contributed by atoms with Crippen molar-refractivity contribution < 1.29 is 18.0 Å². The van der Waals surface area contributed by atoms with Gasteiger partial charge in [-0.05, 0) is 35.2 Å². The van der Waals surface area contributed by atoms with Gasteiger partial charge in [0.15, 0.2) is 16.8 Å². The highest BCUT2D eigenvalue weighted by Crippen LogP contribution is 2.43. The summed E-state index contributed by atoms with van der Waals surface area (Å²) in [5.41, 5.74) is 6.61. The van der Waals surface area contributed by atoms with Gasteiger partial charge in [0.05, 0.1) is 6.04 Å². The number of hydrogen-bond acceptors (Lipinski definition) is 4. The summed E-state index contributed by atoms with van der Waals surface area (Å²) in [5, 5.41) is 10.2. The predicted octanol–water partition coefficient (Wildman–Crippen LogP) is 4.43. The second-order valence-corrected chi connectivity index (χ2v) is 9.26. The average Bonchev–Trinajstić information content (AvgIpc) is 3.18. The molecule has 0 fully saturated rings. The number of nitrogens with zero attached hydrogens (tertiary/aromatic N) is 2. The van der Waals surface area contributed by atoms with Crippen molar-refractivity contribution in [2.75, 3.05) is 11.9 Å². The molecule has 0 unspecified atom stereocenters. The van der Waals surface area contributed by atoms with E-state index in [1.54, 1.807) is 0 Å². The van der Waals surface area contributed by atoms with Gasteiger partial charge in [0.2, 0.25) is 0 Å². The third kappa shape index (κ3) is 6.16. The monoisotopic (exact) mass is 482 g/mol. The van der Waals surface area contributed by atoms with E-state index in [0.717, 1.165) is 15.8 Å². The zero-order valence-electron chi connectivity index (χ0n) is 19.0. The van der Waals surface area contributed by atoms with E-state index in [1.807, 2.05) is 38.1 Å². The quantitative estimate of drug-likeness (QED) is 0.373. The number of hydrogen-bond donors (Lipinski definition) is 4. The molecule has 2 heterocycles. The van der Waals surface area contributed by atoms with E-state index >= 15 is 0 Å². The van der Waals surface area contributed by atoms with Crippen molar-refractivity contribution in [2.24, 2.45) is 5.92 Å². The number of halogens is 3. The molecule has 0 radical (unpaired) electrons. The van der Waals surface area contributed by atoms with Crippen LogP contribution in [-0.2, 0) is 0 Å². The van der Waals surface area contributed by atoms with E-state index in [9.17, 15) is 18.0 Å². The molecule has 7 nitrogen and oxygen atoms in total. The number of benzene rings is 1. The molecule has 1 aromatic carbocycles. The molecule has 1 amide bonds. The highest BCUT2D eigenvalue weighted by Gasteiger charge is 2.46. The summed E-state index contributed by atoms with van der Waals surface area (Å²) in [7, 11) is 0. The van der Waals surface area contributed by atoms with Crippen molar-refractivity contribution in [1.29, 1.82) is 0 Å². The number of hydrazine groups is 1. The fraction of sp³-hybridized carbons (Fsp3) is 0.500. The van der Waals surface area contributed by atoms with Gasteiger partial charge < -0.3 is 10.6 Å². The Morgan fingerprint density at radius 2 is 1.88 bits per heavy atom. The molecule has 2 aromatic rings. The Hall–Kier alpha value is -2.82. The van der Waals surface area contributed by atoms with Crippen LogP contribution in [0.25, 0.3) is 0 Å². The SMILES string of the molecule is CC(C)CNC(=S)NNC(=O)c1cc2n(n1)[C@@H](C(F)(F)F)C[C@@H](c1ccc(C(C)C)cc1)N2. The molecule has 0 saturated carbocycles. The number of rotatable bonds is 5.